The molecule has 3 aromatic carbocycles. The van der Waals surface area contributed by atoms with Gasteiger partial charge in [-0.25, -0.2) is 9.18 Å². The highest BCUT2D eigenvalue weighted by molar-refractivity contribution is 6.40. The number of ether oxygens (including phenoxy) is 2. The number of carbonyl (C=O) groups is 2. The van der Waals surface area contributed by atoms with Crippen molar-refractivity contribution in [1.82, 2.24) is 5.32 Å². The van der Waals surface area contributed by atoms with Crippen LogP contribution in [0.3, 0.4) is 0 Å². The van der Waals surface area contributed by atoms with E-state index < -0.39 is 23.7 Å². The highest BCUT2D eigenvalue weighted by atomic mass is 35.5. The Balaban J connectivity index is 1.37. The Hall–Kier alpha value is -2.51. The van der Waals surface area contributed by atoms with Crippen LogP contribution in [0.4, 0.5) is 4.39 Å². The molecular weight excluding hydrogens is 611 g/mol. The maximum absolute atomic E-state index is 13.9. The summed E-state index contributed by atoms with van der Waals surface area (Å²) in [4.78, 5) is 26.9. The first-order valence-corrected chi connectivity index (χ1v) is 15.1. The second kappa shape index (κ2) is 11.6. The fraction of sp³-hybridized carbons (Fsp3) is 0.355. The number of esters is 1. The summed E-state index contributed by atoms with van der Waals surface area (Å²) in [6.45, 7) is 0. The first-order chi connectivity index (χ1) is 19.7. The maximum Gasteiger partial charge on any atom is 0.329 e. The summed E-state index contributed by atoms with van der Waals surface area (Å²) in [6.07, 6.45) is 5.36. The molecule has 0 radical (unpaired) electrons. The second-order valence-corrected chi connectivity index (χ2v) is 12.4. The van der Waals surface area contributed by atoms with E-state index in [0.717, 1.165) is 49.7 Å². The van der Waals surface area contributed by atoms with Crippen LogP contribution in [-0.4, -0.2) is 30.1 Å². The summed E-state index contributed by atoms with van der Waals surface area (Å²) in [6, 6.07) is 9.93. The maximum atomic E-state index is 13.9. The van der Waals surface area contributed by atoms with Gasteiger partial charge in [-0.2, -0.15) is 0 Å². The highest BCUT2D eigenvalue weighted by Crippen LogP contribution is 2.55. The Labute approximate surface area is 257 Å². The minimum Gasteiger partial charge on any atom is -0.489 e. The molecule has 1 aliphatic heterocycles. The van der Waals surface area contributed by atoms with Crippen LogP contribution in [0.1, 0.15) is 65.9 Å². The van der Waals surface area contributed by atoms with Gasteiger partial charge >= 0.3 is 5.97 Å². The average Bonchev–Trinajstić information content (AvgIpc) is 3.49. The van der Waals surface area contributed by atoms with Gasteiger partial charge < -0.3 is 14.8 Å². The summed E-state index contributed by atoms with van der Waals surface area (Å²) < 4.78 is 26.1. The molecule has 0 bridgehead atoms. The van der Waals surface area contributed by atoms with Crippen LogP contribution in [0, 0.1) is 5.82 Å². The minimum absolute atomic E-state index is 0.0108. The number of amides is 1. The van der Waals surface area contributed by atoms with Crippen LogP contribution in [0.2, 0.25) is 20.1 Å². The molecule has 3 aromatic rings. The summed E-state index contributed by atoms with van der Waals surface area (Å²) in [5.74, 6) is -0.868. The van der Waals surface area contributed by atoms with Gasteiger partial charge in [0.25, 0.3) is 5.91 Å². The summed E-state index contributed by atoms with van der Waals surface area (Å²) in [5.41, 5.74) is 3.02. The van der Waals surface area contributed by atoms with Crippen LogP contribution in [0.5, 0.6) is 5.75 Å². The number of hydrogen-bond acceptors (Lipinski definition) is 4. The highest BCUT2D eigenvalue weighted by Gasteiger charge is 2.45. The van der Waals surface area contributed by atoms with Gasteiger partial charge in [0.2, 0.25) is 0 Å². The third-order valence-electron chi connectivity index (χ3n) is 8.20. The van der Waals surface area contributed by atoms with Crippen molar-refractivity contribution in [1.29, 1.82) is 0 Å². The van der Waals surface area contributed by atoms with E-state index in [4.69, 9.17) is 55.9 Å². The molecule has 6 rings (SSSR count). The number of benzene rings is 3. The molecule has 41 heavy (non-hydrogen) atoms. The quantitative estimate of drug-likeness (QED) is 0.264. The van der Waals surface area contributed by atoms with Crippen LogP contribution in [-0.2, 0) is 16.0 Å². The number of nitrogens with one attached hydrogen (secondary N) is 1. The molecule has 214 valence electrons. The molecule has 2 unspecified atom stereocenters. The van der Waals surface area contributed by atoms with Crippen molar-refractivity contribution in [2.24, 2.45) is 0 Å². The molecule has 3 aliphatic rings. The van der Waals surface area contributed by atoms with E-state index in [9.17, 15) is 14.0 Å². The molecule has 0 spiro atoms. The molecule has 2 fully saturated rings. The Morgan fingerprint density at radius 1 is 0.951 bits per heavy atom. The normalized spacial score (nSPS) is 20.0. The lowest BCUT2D eigenvalue weighted by molar-refractivity contribution is -0.151. The molecule has 0 saturated heterocycles. The van der Waals surface area contributed by atoms with Gasteiger partial charge in [-0.1, -0.05) is 64.6 Å². The average molecular weight is 637 g/mol. The number of rotatable bonds is 7. The first kappa shape index (κ1) is 28.6. The number of halogens is 5. The van der Waals surface area contributed by atoms with Gasteiger partial charge in [-0.05, 0) is 68.4 Å². The standard InChI is InChI=1S/C31H26Cl4FNO4/c32-20-6-3-7-21(33)28(20)30(38)37-24(31(39)40-17-4-1-2-5-17)12-15-8-9-19(27-22(34)13-16(36)14-23(27)35)29-26(15)18-10-11-25(18)41-29/h3,6-9,13-14,17-18,24-25H,1-2,4-5,10-12H2,(H,37,38)/t18?,24-,25?/m0/s1. The lowest BCUT2D eigenvalue weighted by Gasteiger charge is -2.29. The van der Waals surface area contributed by atoms with Gasteiger partial charge in [0.15, 0.2) is 0 Å². The van der Waals surface area contributed by atoms with Crippen molar-refractivity contribution in [2.75, 3.05) is 0 Å². The van der Waals surface area contributed by atoms with Crippen molar-refractivity contribution in [3.63, 3.8) is 0 Å². The number of carbonyl (C=O) groups excluding carboxylic acids is 2. The van der Waals surface area contributed by atoms with Crippen LogP contribution >= 0.6 is 46.4 Å². The van der Waals surface area contributed by atoms with Gasteiger partial charge in [-0.3, -0.25) is 4.79 Å². The molecule has 10 heteroatoms. The van der Waals surface area contributed by atoms with E-state index in [0.29, 0.717) is 16.9 Å². The van der Waals surface area contributed by atoms with E-state index in [1.807, 2.05) is 12.1 Å². The fourth-order valence-electron chi connectivity index (χ4n) is 6.05. The third-order valence-corrected chi connectivity index (χ3v) is 9.43. The van der Waals surface area contributed by atoms with Gasteiger partial charge in [0.1, 0.15) is 29.8 Å². The molecule has 1 N–H and O–H groups in total. The zero-order chi connectivity index (χ0) is 28.8. The van der Waals surface area contributed by atoms with Gasteiger partial charge in [0, 0.05) is 29.0 Å². The van der Waals surface area contributed by atoms with Crippen molar-refractivity contribution in [2.45, 2.75) is 69.1 Å². The Kier molecular flexibility index (Phi) is 8.12. The minimum atomic E-state index is -0.998. The van der Waals surface area contributed by atoms with E-state index >= 15 is 0 Å². The zero-order valence-corrected chi connectivity index (χ0v) is 24.8. The monoisotopic (exact) mass is 635 g/mol. The van der Waals surface area contributed by atoms with E-state index in [-0.39, 0.29) is 50.2 Å². The SMILES string of the molecule is O=C(N[C@@H](Cc1ccc(-c2c(Cl)cc(F)cc2Cl)c2c1C1CCC1O2)C(=O)OC1CCCC1)c1c(Cl)cccc1Cl. The molecular formula is C31H26Cl4FNO4. The fourth-order valence-corrected chi connectivity index (χ4v) is 7.28. The van der Waals surface area contributed by atoms with Crippen LogP contribution in [0.15, 0.2) is 42.5 Å². The molecule has 1 amide bonds. The first-order valence-electron chi connectivity index (χ1n) is 13.6. The summed E-state index contributed by atoms with van der Waals surface area (Å²) in [5, 5.41) is 3.55. The summed E-state index contributed by atoms with van der Waals surface area (Å²) in [7, 11) is 0. The van der Waals surface area contributed by atoms with Gasteiger partial charge in [0.05, 0.1) is 25.7 Å². The smallest absolute Gasteiger partial charge is 0.329 e. The van der Waals surface area contributed by atoms with E-state index in [2.05, 4.69) is 5.32 Å². The summed E-state index contributed by atoms with van der Waals surface area (Å²) >= 11 is 25.5. The number of hydrogen-bond donors (Lipinski definition) is 1. The predicted molar refractivity (Wildman–Crippen MR) is 158 cm³/mol. The van der Waals surface area contributed by atoms with Gasteiger partial charge in [-0.15, -0.1) is 0 Å². The Morgan fingerprint density at radius 3 is 2.27 bits per heavy atom. The van der Waals surface area contributed by atoms with Crippen LogP contribution in [0.25, 0.3) is 11.1 Å². The molecule has 1 heterocycles. The number of fused-ring (bicyclic) bond motifs is 3. The van der Waals surface area contributed by atoms with E-state index in [1.54, 1.807) is 18.2 Å². The lowest BCUT2D eigenvalue weighted by Crippen LogP contribution is -2.44. The zero-order valence-electron chi connectivity index (χ0n) is 21.8. The third kappa shape index (κ3) is 5.52. The topological polar surface area (TPSA) is 64.6 Å². The molecule has 3 atom stereocenters. The van der Waals surface area contributed by atoms with E-state index in [1.165, 1.54) is 12.1 Å². The van der Waals surface area contributed by atoms with Crippen molar-refractivity contribution in [3.8, 4) is 16.9 Å². The molecule has 2 aliphatic carbocycles. The largest absolute Gasteiger partial charge is 0.489 e. The van der Waals surface area contributed by atoms with Crippen molar-refractivity contribution < 1.29 is 23.5 Å². The molecule has 0 aromatic heterocycles. The lowest BCUT2D eigenvalue weighted by atomic mass is 9.76. The molecule has 2 saturated carbocycles. The second-order valence-electron chi connectivity index (χ2n) is 10.8. The van der Waals surface area contributed by atoms with Crippen molar-refractivity contribution in [3.05, 3.63) is 85.1 Å². The Bertz CT molecular complexity index is 1500. The van der Waals surface area contributed by atoms with Crippen LogP contribution < -0.4 is 10.1 Å². The molecule has 5 nitrogen and oxygen atoms in total. The Morgan fingerprint density at radius 2 is 1.63 bits per heavy atom. The predicted octanol–water partition coefficient (Wildman–Crippen LogP) is 8.57. The van der Waals surface area contributed by atoms with Crippen molar-refractivity contribution >= 4 is 58.3 Å².